The first-order chi connectivity index (χ1) is 15.9. The molecule has 6 aromatic rings. The molecule has 7 rings (SSSR count). The number of rotatable bonds is 2. The molecule has 0 fully saturated rings. The summed E-state index contributed by atoms with van der Waals surface area (Å²) in [7, 11) is 0. The molecule has 2 aromatic heterocycles. The smallest absolute Gasteiger partial charge is 0.0433 e. The van der Waals surface area contributed by atoms with E-state index in [1.807, 2.05) is 22.7 Å². The molecule has 1 aliphatic carbocycles. The van der Waals surface area contributed by atoms with Gasteiger partial charge in [-0.25, -0.2) is 0 Å². The van der Waals surface area contributed by atoms with Crippen LogP contribution in [-0.4, -0.2) is 0 Å². The van der Waals surface area contributed by atoms with Gasteiger partial charge in [0.15, 0.2) is 0 Å². The highest BCUT2D eigenvalue weighted by Crippen LogP contribution is 2.43. The van der Waals surface area contributed by atoms with E-state index in [9.17, 15) is 0 Å². The summed E-state index contributed by atoms with van der Waals surface area (Å²) in [6, 6.07) is 31.4. The van der Waals surface area contributed by atoms with Crippen LogP contribution in [0.1, 0.15) is 16.9 Å². The largest absolute Gasteiger partial charge is 0.139 e. The normalized spacial score (nSPS) is 13.2. The summed E-state index contributed by atoms with van der Waals surface area (Å²) < 4.78 is 4.15. The van der Waals surface area contributed by atoms with E-state index in [1.54, 1.807) is 0 Å². The molecule has 0 spiro atoms. The van der Waals surface area contributed by atoms with Crippen molar-refractivity contribution in [2.24, 2.45) is 0 Å². The first-order valence-electron chi connectivity index (χ1n) is 11.1. The number of allylic oxidation sites excluding steroid dienone is 1. The lowest BCUT2D eigenvalue weighted by Crippen LogP contribution is -1.87. The summed E-state index contributed by atoms with van der Waals surface area (Å²) in [5, 5.41) is 4.11. The van der Waals surface area contributed by atoms with E-state index in [0.29, 0.717) is 0 Å². The van der Waals surface area contributed by atoms with Gasteiger partial charge in [-0.05, 0) is 52.8 Å². The van der Waals surface area contributed by atoms with Crippen molar-refractivity contribution in [3.63, 3.8) is 0 Å². The van der Waals surface area contributed by atoms with Crippen LogP contribution in [0.15, 0.2) is 91.0 Å². The van der Waals surface area contributed by atoms with Gasteiger partial charge in [0.25, 0.3) is 0 Å². The molecule has 2 heteroatoms. The zero-order valence-electron chi connectivity index (χ0n) is 17.5. The second-order valence-electron chi connectivity index (χ2n) is 8.42. The number of hydrogen-bond donors (Lipinski definition) is 0. The zero-order chi connectivity index (χ0) is 21.1. The van der Waals surface area contributed by atoms with E-state index < -0.39 is 0 Å². The Morgan fingerprint density at radius 3 is 2.12 bits per heavy atom. The van der Waals surface area contributed by atoms with E-state index in [4.69, 9.17) is 0 Å². The molecule has 152 valence electrons. The fourth-order valence-electron chi connectivity index (χ4n) is 5.03. The lowest BCUT2D eigenvalue weighted by molar-refractivity contribution is 1.02. The third-order valence-electron chi connectivity index (χ3n) is 6.54. The lowest BCUT2D eigenvalue weighted by atomic mass is 9.96. The quantitative estimate of drug-likeness (QED) is 0.249. The van der Waals surface area contributed by atoms with Gasteiger partial charge in [0.2, 0.25) is 0 Å². The molecular formula is C30H20S2. The van der Waals surface area contributed by atoms with Crippen LogP contribution in [0.25, 0.3) is 58.6 Å². The fraction of sp³-hybridized carbons (Fsp3) is 0.0667. The van der Waals surface area contributed by atoms with Crippen molar-refractivity contribution in [2.45, 2.75) is 12.8 Å². The van der Waals surface area contributed by atoms with Gasteiger partial charge >= 0.3 is 0 Å². The van der Waals surface area contributed by atoms with Crippen molar-refractivity contribution in [1.29, 1.82) is 0 Å². The molecule has 0 amide bonds. The Kier molecular flexibility index (Phi) is 4.11. The van der Waals surface area contributed by atoms with Crippen LogP contribution in [0.4, 0.5) is 0 Å². The Labute approximate surface area is 195 Å². The summed E-state index contributed by atoms with van der Waals surface area (Å²) in [6.45, 7) is 0. The molecule has 0 saturated heterocycles. The Balaban J connectivity index is 1.43. The minimum Gasteiger partial charge on any atom is -0.139 e. The van der Waals surface area contributed by atoms with Crippen molar-refractivity contribution < 1.29 is 0 Å². The Morgan fingerprint density at radius 2 is 1.28 bits per heavy atom. The zero-order valence-corrected chi connectivity index (χ0v) is 19.1. The first kappa shape index (κ1) is 18.4. The maximum absolute atomic E-state index is 2.38. The summed E-state index contributed by atoms with van der Waals surface area (Å²) >= 11 is 3.88. The maximum atomic E-state index is 2.38. The number of benzene rings is 4. The Hall–Kier alpha value is -3.20. The molecule has 0 radical (unpaired) electrons. The van der Waals surface area contributed by atoms with E-state index in [0.717, 1.165) is 6.42 Å². The van der Waals surface area contributed by atoms with Crippen molar-refractivity contribution >= 4 is 59.0 Å². The third kappa shape index (κ3) is 2.73. The second kappa shape index (κ2) is 7.16. The summed E-state index contributed by atoms with van der Waals surface area (Å²) in [4.78, 5) is 1.53. The summed E-state index contributed by atoms with van der Waals surface area (Å²) in [5.74, 6) is 0. The van der Waals surface area contributed by atoms with Crippen molar-refractivity contribution in [3.05, 3.63) is 101 Å². The molecule has 0 atom stereocenters. The first-order valence-corrected chi connectivity index (χ1v) is 12.7. The maximum Gasteiger partial charge on any atom is 0.0433 e. The van der Waals surface area contributed by atoms with Gasteiger partial charge in [-0.3, -0.25) is 0 Å². The van der Waals surface area contributed by atoms with Crippen LogP contribution >= 0.6 is 22.7 Å². The number of hydrogen-bond acceptors (Lipinski definition) is 2. The fourth-order valence-corrected chi connectivity index (χ4v) is 7.60. The monoisotopic (exact) mass is 444 g/mol. The third-order valence-corrected chi connectivity index (χ3v) is 9.08. The van der Waals surface area contributed by atoms with Crippen LogP contribution in [0.5, 0.6) is 0 Å². The molecule has 4 aromatic carbocycles. The number of fused-ring (bicyclic) bond motifs is 6. The predicted molar refractivity (Wildman–Crippen MR) is 143 cm³/mol. The SMILES string of the molecule is C1=Cc2c(sc3c(-c4cccc(-c5cccc6c5sc5ccccc56)c4)cccc23)CC1. The van der Waals surface area contributed by atoms with Gasteiger partial charge in [0.1, 0.15) is 0 Å². The Bertz CT molecular complexity index is 1680. The van der Waals surface area contributed by atoms with Crippen LogP contribution < -0.4 is 0 Å². The van der Waals surface area contributed by atoms with Crippen molar-refractivity contribution in [1.82, 2.24) is 0 Å². The Morgan fingerprint density at radius 1 is 0.594 bits per heavy atom. The van der Waals surface area contributed by atoms with Gasteiger partial charge < -0.3 is 0 Å². The average Bonchev–Trinajstić information content (AvgIpc) is 3.42. The van der Waals surface area contributed by atoms with Gasteiger partial charge in [-0.15, -0.1) is 22.7 Å². The van der Waals surface area contributed by atoms with Crippen LogP contribution in [-0.2, 0) is 6.42 Å². The van der Waals surface area contributed by atoms with Crippen molar-refractivity contribution in [3.8, 4) is 22.3 Å². The second-order valence-corrected chi connectivity index (χ2v) is 10.6. The average molecular weight is 445 g/mol. The van der Waals surface area contributed by atoms with Crippen LogP contribution in [0.3, 0.4) is 0 Å². The molecule has 0 unspecified atom stereocenters. The standard InChI is InChI=1S/C30H20S2/c1-3-16-27-23(10-1)25-14-6-12-21(29(25)31-27)19-8-5-9-20(18-19)22-13-7-15-26-24-11-2-4-17-28(24)32-30(22)26/h1-3,5-16,18H,4,17H2. The lowest BCUT2D eigenvalue weighted by Gasteiger charge is -2.08. The highest BCUT2D eigenvalue weighted by atomic mass is 32.1. The predicted octanol–water partition coefficient (Wildman–Crippen LogP) is 9.56. The molecule has 0 saturated carbocycles. The molecule has 0 N–H and O–H groups in total. The van der Waals surface area contributed by atoms with Crippen LogP contribution in [0, 0.1) is 0 Å². The highest BCUT2D eigenvalue weighted by Gasteiger charge is 2.16. The minimum absolute atomic E-state index is 1.16. The molecule has 1 aliphatic rings. The topological polar surface area (TPSA) is 0 Å². The molecule has 32 heavy (non-hydrogen) atoms. The summed E-state index contributed by atoms with van der Waals surface area (Å²) in [5.41, 5.74) is 6.70. The van der Waals surface area contributed by atoms with E-state index in [-0.39, 0.29) is 0 Å². The van der Waals surface area contributed by atoms with Crippen LogP contribution in [0.2, 0.25) is 0 Å². The van der Waals surface area contributed by atoms with E-state index in [1.165, 1.54) is 69.4 Å². The van der Waals surface area contributed by atoms with E-state index >= 15 is 0 Å². The van der Waals surface area contributed by atoms with E-state index in [2.05, 4.69) is 97.1 Å². The van der Waals surface area contributed by atoms with Gasteiger partial charge in [0, 0.05) is 35.1 Å². The number of aryl methyl sites for hydroxylation is 1. The molecule has 0 aliphatic heterocycles. The number of thiophene rings is 2. The molecule has 0 bridgehead atoms. The molecular weight excluding hydrogens is 424 g/mol. The highest BCUT2D eigenvalue weighted by molar-refractivity contribution is 7.26. The summed E-state index contributed by atoms with van der Waals surface area (Å²) in [6.07, 6.45) is 6.95. The van der Waals surface area contributed by atoms with Gasteiger partial charge in [-0.1, -0.05) is 84.9 Å². The van der Waals surface area contributed by atoms with Gasteiger partial charge in [0.05, 0.1) is 0 Å². The van der Waals surface area contributed by atoms with Gasteiger partial charge in [-0.2, -0.15) is 0 Å². The molecule has 0 nitrogen and oxygen atoms in total. The molecule has 2 heterocycles. The van der Waals surface area contributed by atoms with Crippen molar-refractivity contribution in [2.75, 3.05) is 0 Å². The minimum atomic E-state index is 1.16.